The van der Waals surface area contributed by atoms with Gasteiger partial charge in [0, 0.05) is 10.5 Å². The second-order valence-corrected chi connectivity index (χ2v) is 5.00. The molecule has 0 aliphatic carbocycles. The highest BCUT2D eigenvalue weighted by molar-refractivity contribution is 9.10. The summed E-state index contributed by atoms with van der Waals surface area (Å²) in [4.78, 5) is 11.6. The Hall–Kier alpha value is -1.31. The normalized spacial score (nSPS) is 13.4. The van der Waals surface area contributed by atoms with Crippen molar-refractivity contribution in [1.29, 1.82) is 0 Å². The smallest absolute Gasteiger partial charge is 0.237 e. The van der Waals surface area contributed by atoms with E-state index in [1.807, 2.05) is 38.1 Å². The SMILES string of the molecule is C#CCNC(=O)C(C)N[C@H](C)c1ccc(Br)cc1. The molecule has 96 valence electrons. The van der Waals surface area contributed by atoms with Crippen molar-refractivity contribution in [3.05, 3.63) is 34.3 Å². The maximum atomic E-state index is 11.6. The number of amides is 1. The lowest BCUT2D eigenvalue weighted by Gasteiger charge is -2.19. The molecule has 0 fully saturated rings. The molecular weight excluding hydrogens is 292 g/mol. The molecule has 0 bridgehead atoms. The standard InChI is InChI=1S/C14H17BrN2O/c1-4-9-16-14(18)11(3)17-10(2)12-5-7-13(15)8-6-12/h1,5-8,10-11,17H,9H2,2-3H3,(H,16,18)/t10-,11?/m1/s1. The minimum atomic E-state index is -0.281. The Kier molecular flexibility index (Phi) is 5.90. The minimum Gasteiger partial charge on any atom is -0.344 e. The second-order valence-electron chi connectivity index (χ2n) is 4.08. The van der Waals surface area contributed by atoms with Gasteiger partial charge in [0.25, 0.3) is 0 Å². The Morgan fingerprint density at radius 2 is 2.00 bits per heavy atom. The number of nitrogens with one attached hydrogen (secondary N) is 2. The topological polar surface area (TPSA) is 41.1 Å². The van der Waals surface area contributed by atoms with Crippen molar-refractivity contribution in [3.63, 3.8) is 0 Å². The third-order valence-corrected chi connectivity index (χ3v) is 3.16. The maximum Gasteiger partial charge on any atom is 0.237 e. The van der Waals surface area contributed by atoms with Gasteiger partial charge in [-0.25, -0.2) is 0 Å². The molecule has 4 heteroatoms. The van der Waals surface area contributed by atoms with E-state index < -0.39 is 0 Å². The van der Waals surface area contributed by atoms with E-state index in [9.17, 15) is 4.79 Å². The highest BCUT2D eigenvalue weighted by Gasteiger charge is 2.15. The first-order valence-corrected chi connectivity index (χ1v) is 6.56. The third kappa shape index (κ3) is 4.52. The van der Waals surface area contributed by atoms with Gasteiger partial charge in [0.2, 0.25) is 5.91 Å². The van der Waals surface area contributed by atoms with Crippen molar-refractivity contribution >= 4 is 21.8 Å². The third-order valence-electron chi connectivity index (χ3n) is 2.63. The summed E-state index contributed by atoms with van der Waals surface area (Å²) in [5, 5.41) is 5.88. The van der Waals surface area contributed by atoms with Crippen molar-refractivity contribution in [2.24, 2.45) is 0 Å². The van der Waals surface area contributed by atoms with Gasteiger partial charge in [0.1, 0.15) is 0 Å². The highest BCUT2D eigenvalue weighted by Crippen LogP contribution is 2.16. The highest BCUT2D eigenvalue weighted by atomic mass is 79.9. The first-order valence-electron chi connectivity index (χ1n) is 5.77. The van der Waals surface area contributed by atoms with E-state index in [1.165, 1.54) is 0 Å². The molecule has 1 unspecified atom stereocenters. The first kappa shape index (κ1) is 14.7. The number of hydrogen-bond acceptors (Lipinski definition) is 2. The van der Waals surface area contributed by atoms with Crippen LogP contribution in [-0.2, 0) is 4.79 Å². The molecule has 0 aromatic heterocycles. The number of carbonyl (C=O) groups is 1. The van der Waals surface area contributed by atoms with Gasteiger partial charge in [-0.15, -0.1) is 6.42 Å². The van der Waals surface area contributed by atoms with Crippen LogP contribution in [0.2, 0.25) is 0 Å². The number of hydrogen-bond donors (Lipinski definition) is 2. The number of benzene rings is 1. The molecule has 2 atom stereocenters. The minimum absolute atomic E-state index is 0.0862. The fourth-order valence-electron chi connectivity index (χ4n) is 1.59. The predicted octanol–water partition coefficient (Wildman–Crippen LogP) is 2.24. The molecule has 3 nitrogen and oxygen atoms in total. The van der Waals surface area contributed by atoms with E-state index in [2.05, 4.69) is 32.5 Å². The summed E-state index contributed by atoms with van der Waals surface area (Å²) >= 11 is 3.39. The summed E-state index contributed by atoms with van der Waals surface area (Å²) in [6.45, 7) is 4.10. The second kappa shape index (κ2) is 7.20. The van der Waals surface area contributed by atoms with Crippen LogP contribution in [0.4, 0.5) is 0 Å². The number of halogens is 1. The molecule has 0 aliphatic heterocycles. The Labute approximate surface area is 116 Å². The largest absolute Gasteiger partial charge is 0.344 e. The van der Waals surface area contributed by atoms with Gasteiger partial charge >= 0.3 is 0 Å². The van der Waals surface area contributed by atoms with E-state index in [-0.39, 0.29) is 24.5 Å². The van der Waals surface area contributed by atoms with Crippen molar-refractivity contribution in [3.8, 4) is 12.3 Å². The van der Waals surface area contributed by atoms with Gasteiger partial charge in [0.15, 0.2) is 0 Å². The molecule has 1 aromatic rings. The molecule has 1 aromatic carbocycles. The quantitative estimate of drug-likeness (QED) is 0.819. The summed E-state index contributed by atoms with van der Waals surface area (Å²) in [6, 6.07) is 7.83. The fraction of sp³-hybridized carbons (Fsp3) is 0.357. The fourth-order valence-corrected chi connectivity index (χ4v) is 1.85. The van der Waals surface area contributed by atoms with Crippen LogP contribution in [0.5, 0.6) is 0 Å². The lowest BCUT2D eigenvalue weighted by molar-refractivity contribution is -0.122. The van der Waals surface area contributed by atoms with Crippen LogP contribution in [0.3, 0.4) is 0 Å². The van der Waals surface area contributed by atoms with E-state index in [0.29, 0.717) is 0 Å². The van der Waals surface area contributed by atoms with E-state index >= 15 is 0 Å². The van der Waals surface area contributed by atoms with Crippen LogP contribution in [0.25, 0.3) is 0 Å². The first-order chi connectivity index (χ1) is 8.54. The summed E-state index contributed by atoms with van der Waals surface area (Å²) in [6.07, 6.45) is 5.09. The maximum absolute atomic E-state index is 11.6. The molecule has 0 heterocycles. The zero-order chi connectivity index (χ0) is 13.5. The molecule has 0 saturated carbocycles. The van der Waals surface area contributed by atoms with Crippen molar-refractivity contribution in [2.75, 3.05) is 6.54 Å². The molecule has 1 amide bonds. The Morgan fingerprint density at radius 1 is 1.39 bits per heavy atom. The van der Waals surface area contributed by atoms with Gasteiger partial charge in [-0.2, -0.15) is 0 Å². The molecule has 0 aliphatic rings. The van der Waals surface area contributed by atoms with Crippen LogP contribution >= 0.6 is 15.9 Å². The van der Waals surface area contributed by atoms with E-state index in [4.69, 9.17) is 6.42 Å². The van der Waals surface area contributed by atoms with Crippen molar-refractivity contribution in [2.45, 2.75) is 25.9 Å². The van der Waals surface area contributed by atoms with Gasteiger partial charge < -0.3 is 5.32 Å². The molecule has 0 radical (unpaired) electrons. The molecule has 18 heavy (non-hydrogen) atoms. The van der Waals surface area contributed by atoms with Crippen molar-refractivity contribution in [1.82, 2.24) is 10.6 Å². The number of rotatable bonds is 5. The molecule has 0 saturated heterocycles. The van der Waals surface area contributed by atoms with Gasteiger partial charge in [-0.05, 0) is 31.5 Å². The summed E-state index contributed by atoms with van der Waals surface area (Å²) in [7, 11) is 0. The Bertz CT molecular complexity index is 436. The molecule has 0 spiro atoms. The molecule has 1 rings (SSSR count). The molecule has 2 N–H and O–H groups in total. The average molecular weight is 309 g/mol. The van der Waals surface area contributed by atoms with Crippen LogP contribution in [-0.4, -0.2) is 18.5 Å². The van der Waals surface area contributed by atoms with Crippen LogP contribution in [0.1, 0.15) is 25.5 Å². The van der Waals surface area contributed by atoms with Crippen LogP contribution in [0.15, 0.2) is 28.7 Å². The zero-order valence-corrected chi connectivity index (χ0v) is 12.1. The van der Waals surface area contributed by atoms with Gasteiger partial charge in [0.05, 0.1) is 12.6 Å². The summed E-state index contributed by atoms with van der Waals surface area (Å²) in [5.41, 5.74) is 1.13. The Morgan fingerprint density at radius 3 is 2.56 bits per heavy atom. The van der Waals surface area contributed by atoms with Crippen molar-refractivity contribution < 1.29 is 4.79 Å². The van der Waals surface area contributed by atoms with Gasteiger partial charge in [-0.1, -0.05) is 34.0 Å². The number of carbonyl (C=O) groups excluding carboxylic acids is 1. The monoisotopic (exact) mass is 308 g/mol. The average Bonchev–Trinajstić information content (AvgIpc) is 2.36. The van der Waals surface area contributed by atoms with E-state index in [0.717, 1.165) is 10.0 Å². The van der Waals surface area contributed by atoms with Crippen LogP contribution in [0, 0.1) is 12.3 Å². The summed E-state index contributed by atoms with van der Waals surface area (Å²) < 4.78 is 1.04. The predicted molar refractivity (Wildman–Crippen MR) is 77.0 cm³/mol. The lowest BCUT2D eigenvalue weighted by Crippen LogP contribution is -2.43. The van der Waals surface area contributed by atoms with E-state index in [1.54, 1.807) is 0 Å². The van der Waals surface area contributed by atoms with Crippen LogP contribution < -0.4 is 10.6 Å². The Balaban J connectivity index is 2.54. The number of terminal acetylenes is 1. The molecular formula is C14H17BrN2O. The zero-order valence-electron chi connectivity index (χ0n) is 10.5. The summed E-state index contributed by atoms with van der Waals surface area (Å²) in [5.74, 6) is 2.29. The van der Waals surface area contributed by atoms with Gasteiger partial charge in [-0.3, -0.25) is 10.1 Å². The lowest BCUT2D eigenvalue weighted by atomic mass is 10.1.